The molecule has 0 aromatic heterocycles. The maximum Gasteiger partial charge on any atom is 0.0728 e. The van der Waals surface area contributed by atoms with Crippen molar-refractivity contribution in [3.63, 3.8) is 0 Å². The zero-order chi connectivity index (χ0) is 21.0. The summed E-state index contributed by atoms with van der Waals surface area (Å²) in [5, 5.41) is 21.8. The van der Waals surface area contributed by atoms with Crippen molar-refractivity contribution in [3.05, 3.63) is 0 Å². The molecular weight excluding hydrogens is 356 g/mol. The molecule has 4 saturated carbocycles. The lowest BCUT2D eigenvalue weighted by Crippen LogP contribution is -2.62. The van der Waals surface area contributed by atoms with Crippen molar-refractivity contribution in [2.45, 2.75) is 123 Å². The van der Waals surface area contributed by atoms with E-state index in [1.165, 1.54) is 51.4 Å². The molecule has 4 fully saturated rings. The summed E-state index contributed by atoms with van der Waals surface area (Å²) in [6, 6.07) is 0. The highest BCUT2D eigenvalue weighted by atomic mass is 16.3. The second-order valence-corrected chi connectivity index (χ2v) is 12.8. The number of aliphatic hydroxyl groups is 2. The van der Waals surface area contributed by atoms with Crippen LogP contribution >= 0.6 is 0 Å². The Morgan fingerprint density at radius 1 is 0.862 bits per heavy atom. The van der Waals surface area contributed by atoms with Crippen molar-refractivity contribution in [2.75, 3.05) is 0 Å². The monoisotopic (exact) mass is 404 g/mol. The number of aliphatic hydroxyl groups excluding tert-OH is 1. The van der Waals surface area contributed by atoms with E-state index in [1.807, 2.05) is 0 Å². The smallest absolute Gasteiger partial charge is 0.0728 e. The summed E-state index contributed by atoms with van der Waals surface area (Å²) < 4.78 is 0. The second-order valence-electron chi connectivity index (χ2n) is 12.8. The third-order valence-electron chi connectivity index (χ3n) is 11.0. The molecule has 0 aliphatic heterocycles. The minimum atomic E-state index is -0.623. The Hall–Kier alpha value is -0.0800. The third-order valence-corrected chi connectivity index (χ3v) is 11.0. The summed E-state index contributed by atoms with van der Waals surface area (Å²) in [5.41, 5.74) is -0.0719. The molecule has 0 amide bonds. The van der Waals surface area contributed by atoms with Crippen molar-refractivity contribution in [1.82, 2.24) is 0 Å². The van der Waals surface area contributed by atoms with Crippen LogP contribution < -0.4 is 0 Å². The molecule has 0 saturated heterocycles. The van der Waals surface area contributed by atoms with Crippen LogP contribution in [0.25, 0.3) is 0 Å². The molecular formula is C27H48O2. The normalized spacial score (nSPS) is 50.7. The van der Waals surface area contributed by atoms with Gasteiger partial charge in [0.2, 0.25) is 0 Å². The molecule has 0 heterocycles. The van der Waals surface area contributed by atoms with Crippen molar-refractivity contribution in [1.29, 1.82) is 0 Å². The quantitative estimate of drug-likeness (QED) is 0.543. The lowest BCUT2D eigenvalue weighted by molar-refractivity contribution is -0.220. The van der Waals surface area contributed by atoms with Crippen LogP contribution in [0.4, 0.5) is 0 Å². The molecule has 2 heteroatoms. The van der Waals surface area contributed by atoms with Crippen molar-refractivity contribution in [2.24, 2.45) is 46.3 Å². The molecule has 7 unspecified atom stereocenters. The van der Waals surface area contributed by atoms with Gasteiger partial charge in [-0.25, -0.2) is 0 Å². The Labute approximate surface area is 180 Å². The molecule has 0 aromatic carbocycles. The summed E-state index contributed by atoms with van der Waals surface area (Å²) in [5.74, 6) is 4.94. The molecule has 0 aromatic rings. The predicted octanol–water partition coefficient (Wildman–Crippen LogP) is 6.58. The van der Waals surface area contributed by atoms with Gasteiger partial charge >= 0.3 is 0 Å². The van der Waals surface area contributed by atoms with Gasteiger partial charge in [-0.2, -0.15) is 0 Å². The lowest BCUT2D eigenvalue weighted by Gasteiger charge is -2.64. The van der Waals surface area contributed by atoms with E-state index in [0.717, 1.165) is 48.9 Å². The van der Waals surface area contributed by atoms with Gasteiger partial charge in [0, 0.05) is 6.42 Å². The fraction of sp³-hybridized carbons (Fsp3) is 1.00. The van der Waals surface area contributed by atoms with E-state index in [1.54, 1.807) is 0 Å². The highest BCUT2D eigenvalue weighted by Crippen LogP contribution is 2.69. The van der Waals surface area contributed by atoms with Gasteiger partial charge in [0.05, 0.1) is 11.7 Å². The van der Waals surface area contributed by atoms with Crippen LogP contribution in [0.3, 0.4) is 0 Å². The molecule has 0 bridgehead atoms. The largest absolute Gasteiger partial charge is 0.393 e. The van der Waals surface area contributed by atoms with E-state index in [9.17, 15) is 10.2 Å². The maximum absolute atomic E-state index is 11.6. The number of hydrogen-bond donors (Lipinski definition) is 2. The van der Waals surface area contributed by atoms with Crippen LogP contribution in [0.5, 0.6) is 0 Å². The second kappa shape index (κ2) is 7.80. The van der Waals surface area contributed by atoms with Crippen LogP contribution in [-0.4, -0.2) is 21.9 Å². The first-order chi connectivity index (χ1) is 13.6. The summed E-state index contributed by atoms with van der Waals surface area (Å²) in [6.45, 7) is 12.3. The number of hydrogen-bond acceptors (Lipinski definition) is 2. The zero-order valence-corrected chi connectivity index (χ0v) is 19.9. The fourth-order valence-corrected chi connectivity index (χ4v) is 9.25. The van der Waals surface area contributed by atoms with E-state index in [0.29, 0.717) is 17.8 Å². The van der Waals surface area contributed by atoms with Crippen LogP contribution in [-0.2, 0) is 0 Å². The van der Waals surface area contributed by atoms with Gasteiger partial charge in [-0.15, -0.1) is 0 Å². The average molecular weight is 405 g/mol. The van der Waals surface area contributed by atoms with E-state index in [-0.39, 0.29) is 11.5 Å². The third kappa shape index (κ3) is 3.53. The minimum absolute atomic E-state index is 0.0252. The summed E-state index contributed by atoms with van der Waals surface area (Å²) >= 11 is 0. The van der Waals surface area contributed by atoms with Gasteiger partial charge < -0.3 is 10.2 Å². The van der Waals surface area contributed by atoms with Crippen LogP contribution in [0.1, 0.15) is 112 Å². The Kier molecular flexibility index (Phi) is 5.95. The van der Waals surface area contributed by atoms with Crippen LogP contribution in [0, 0.1) is 46.3 Å². The van der Waals surface area contributed by atoms with Crippen molar-refractivity contribution >= 4 is 0 Å². The molecule has 0 radical (unpaired) electrons. The van der Waals surface area contributed by atoms with Crippen molar-refractivity contribution in [3.8, 4) is 0 Å². The highest BCUT2D eigenvalue weighted by Gasteiger charge is 2.64. The number of fused-ring (bicyclic) bond motifs is 5. The molecule has 168 valence electrons. The molecule has 2 N–H and O–H groups in total. The molecule has 0 spiro atoms. The average Bonchev–Trinajstić information content (AvgIpc) is 2.99. The SMILES string of the molecule is CC(C)CCC[C@@H](C)C1CCC2C3CC[C@@]4(O)CC(O)CCC4(C)C3CCC21C. The summed E-state index contributed by atoms with van der Waals surface area (Å²) in [4.78, 5) is 0. The Morgan fingerprint density at radius 2 is 1.62 bits per heavy atom. The van der Waals surface area contributed by atoms with E-state index in [4.69, 9.17) is 0 Å². The molecule has 4 aliphatic carbocycles. The fourth-order valence-electron chi connectivity index (χ4n) is 9.25. The first-order valence-electron chi connectivity index (χ1n) is 13.0. The Bertz CT molecular complexity index is 587. The summed E-state index contributed by atoms with van der Waals surface area (Å²) in [6.07, 6.45) is 14.1. The lowest BCUT2D eigenvalue weighted by atomic mass is 9.43. The van der Waals surface area contributed by atoms with Gasteiger partial charge in [0.25, 0.3) is 0 Å². The molecule has 29 heavy (non-hydrogen) atoms. The van der Waals surface area contributed by atoms with Crippen LogP contribution in [0.15, 0.2) is 0 Å². The van der Waals surface area contributed by atoms with E-state index in [2.05, 4.69) is 34.6 Å². The predicted molar refractivity (Wildman–Crippen MR) is 121 cm³/mol. The summed E-state index contributed by atoms with van der Waals surface area (Å²) in [7, 11) is 0. The first kappa shape index (κ1) is 22.1. The van der Waals surface area contributed by atoms with Gasteiger partial charge in [0.1, 0.15) is 0 Å². The molecule has 4 rings (SSSR count). The highest BCUT2D eigenvalue weighted by molar-refractivity contribution is 5.14. The zero-order valence-electron chi connectivity index (χ0n) is 19.9. The Morgan fingerprint density at radius 3 is 2.34 bits per heavy atom. The van der Waals surface area contributed by atoms with E-state index >= 15 is 0 Å². The molecule has 2 nitrogen and oxygen atoms in total. The maximum atomic E-state index is 11.6. The van der Waals surface area contributed by atoms with Gasteiger partial charge in [-0.3, -0.25) is 0 Å². The topological polar surface area (TPSA) is 40.5 Å². The minimum Gasteiger partial charge on any atom is -0.393 e. The van der Waals surface area contributed by atoms with Crippen LogP contribution in [0.2, 0.25) is 0 Å². The van der Waals surface area contributed by atoms with E-state index < -0.39 is 5.60 Å². The number of rotatable bonds is 5. The van der Waals surface area contributed by atoms with Crippen molar-refractivity contribution < 1.29 is 10.2 Å². The standard InChI is InChI=1S/C27H48O2/c1-18(2)7-6-8-19(3)22-9-10-23-21-12-16-27(29)17-20(28)11-15-26(27,5)24(21)13-14-25(22,23)4/h18-24,28-29H,6-17H2,1-5H3/t19-,20?,21?,22?,23?,24?,25?,26?,27-/m1/s1. The van der Waals surface area contributed by atoms with Gasteiger partial charge in [-0.1, -0.05) is 53.9 Å². The first-order valence-corrected chi connectivity index (χ1v) is 13.0. The molecule has 9 atom stereocenters. The van der Waals surface area contributed by atoms with Gasteiger partial charge in [0.15, 0.2) is 0 Å². The molecule has 4 aliphatic rings. The Balaban J connectivity index is 1.49. The van der Waals surface area contributed by atoms with Gasteiger partial charge in [-0.05, 0) is 97.7 Å².